The van der Waals surface area contributed by atoms with Crippen molar-refractivity contribution in [1.29, 1.82) is 0 Å². The summed E-state index contributed by atoms with van der Waals surface area (Å²) in [5.74, 6) is 2.27. The lowest BCUT2D eigenvalue weighted by Gasteiger charge is -2.33. The highest BCUT2D eigenvalue weighted by Crippen LogP contribution is 2.47. The first-order valence-electron chi connectivity index (χ1n) is 7.25. The number of thiazole rings is 1. The van der Waals surface area contributed by atoms with Crippen molar-refractivity contribution in [3.8, 4) is 17.2 Å². The van der Waals surface area contributed by atoms with Gasteiger partial charge in [0, 0.05) is 18.0 Å². The monoisotopic (exact) mass is 320 g/mol. The number of quaternary nitrogens is 1. The Morgan fingerprint density at radius 1 is 1.45 bits per heavy atom. The van der Waals surface area contributed by atoms with E-state index in [4.69, 9.17) is 14.2 Å². The molecule has 1 unspecified atom stereocenters. The Balaban J connectivity index is 1.82. The van der Waals surface area contributed by atoms with E-state index in [2.05, 4.69) is 23.4 Å². The smallest absolute Gasteiger partial charge is 0.231 e. The van der Waals surface area contributed by atoms with E-state index in [1.54, 1.807) is 18.4 Å². The fraction of sp³-hybridized carbons (Fsp3) is 0.400. The maximum absolute atomic E-state index is 5.68. The summed E-state index contributed by atoms with van der Waals surface area (Å²) in [5.41, 5.74) is 2.39. The predicted molar refractivity (Wildman–Crippen MR) is 83.1 cm³/mol. The highest BCUT2D eigenvalue weighted by atomic mass is 32.1. The van der Waals surface area contributed by atoms with Crippen LogP contribution >= 0.6 is 11.3 Å². The Morgan fingerprint density at radius 3 is 3.14 bits per heavy atom. The molecule has 22 heavy (non-hydrogen) atoms. The third-order valence-electron chi connectivity index (χ3n) is 4.22. The van der Waals surface area contributed by atoms with Crippen molar-refractivity contribution in [2.45, 2.75) is 12.6 Å². The Morgan fingerprint density at radius 2 is 2.36 bits per heavy atom. The summed E-state index contributed by atoms with van der Waals surface area (Å²) in [6, 6.07) is 2.09. The molecule has 0 saturated heterocycles. The van der Waals surface area contributed by atoms with E-state index in [1.807, 2.05) is 11.6 Å². The second-order valence-corrected chi connectivity index (χ2v) is 6.37. The SMILES string of the molecule is COc1c2c(cc3c1[C@H](Nc1nccs1)[NH+](C)CC3)OCO2. The second-order valence-electron chi connectivity index (χ2n) is 5.48. The van der Waals surface area contributed by atoms with Gasteiger partial charge in [0.1, 0.15) is 0 Å². The lowest BCUT2D eigenvalue weighted by Crippen LogP contribution is -3.11. The summed E-state index contributed by atoms with van der Waals surface area (Å²) in [6.07, 6.45) is 2.88. The molecule has 0 bridgehead atoms. The average Bonchev–Trinajstić information content (AvgIpc) is 3.19. The summed E-state index contributed by atoms with van der Waals surface area (Å²) in [5, 5.41) is 6.41. The van der Waals surface area contributed by atoms with Crippen molar-refractivity contribution in [2.24, 2.45) is 0 Å². The highest BCUT2D eigenvalue weighted by Gasteiger charge is 2.36. The zero-order valence-corrected chi connectivity index (χ0v) is 13.3. The molecular weight excluding hydrogens is 302 g/mol. The minimum absolute atomic E-state index is 0.0827. The molecule has 0 amide bonds. The van der Waals surface area contributed by atoms with E-state index in [0.717, 1.165) is 35.2 Å². The normalized spacial score (nSPS) is 22.3. The van der Waals surface area contributed by atoms with E-state index < -0.39 is 0 Å². The molecule has 2 aliphatic heterocycles. The number of nitrogens with zero attached hydrogens (tertiary/aromatic N) is 1. The fourth-order valence-electron chi connectivity index (χ4n) is 3.14. The van der Waals surface area contributed by atoms with E-state index in [-0.39, 0.29) is 13.0 Å². The minimum Gasteiger partial charge on any atom is -0.492 e. The van der Waals surface area contributed by atoms with Crippen molar-refractivity contribution < 1.29 is 19.1 Å². The van der Waals surface area contributed by atoms with Crippen molar-refractivity contribution >= 4 is 16.5 Å². The summed E-state index contributed by atoms with van der Waals surface area (Å²) in [4.78, 5) is 5.72. The number of benzene rings is 1. The lowest BCUT2D eigenvalue weighted by atomic mass is 9.95. The molecule has 0 fully saturated rings. The van der Waals surface area contributed by atoms with Crippen LogP contribution in [-0.4, -0.2) is 32.5 Å². The number of hydrogen-bond donors (Lipinski definition) is 2. The van der Waals surface area contributed by atoms with Gasteiger partial charge >= 0.3 is 0 Å². The highest BCUT2D eigenvalue weighted by molar-refractivity contribution is 7.13. The van der Waals surface area contributed by atoms with Gasteiger partial charge in [-0.3, -0.25) is 0 Å². The topological polar surface area (TPSA) is 57.0 Å². The van der Waals surface area contributed by atoms with Gasteiger partial charge in [-0.1, -0.05) is 0 Å². The van der Waals surface area contributed by atoms with Crippen LogP contribution in [0.2, 0.25) is 0 Å². The van der Waals surface area contributed by atoms with Gasteiger partial charge in [0.05, 0.1) is 26.3 Å². The molecule has 1 aromatic carbocycles. The van der Waals surface area contributed by atoms with Crippen LogP contribution in [0.4, 0.5) is 5.13 Å². The molecule has 0 saturated carbocycles. The van der Waals surface area contributed by atoms with Gasteiger partial charge in [0.15, 0.2) is 22.8 Å². The number of hydrogen-bond acceptors (Lipinski definition) is 6. The van der Waals surface area contributed by atoms with Crippen LogP contribution in [0, 0.1) is 0 Å². The molecule has 2 atom stereocenters. The van der Waals surface area contributed by atoms with Crippen LogP contribution in [0.3, 0.4) is 0 Å². The first kappa shape index (κ1) is 13.7. The molecule has 116 valence electrons. The number of nitrogens with one attached hydrogen (secondary N) is 2. The van der Waals surface area contributed by atoms with Gasteiger partial charge in [0.2, 0.25) is 12.5 Å². The maximum atomic E-state index is 5.68. The molecule has 2 N–H and O–H groups in total. The van der Waals surface area contributed by atoms with E-state index in [9.17, 15) is 0 Å². The van der Waals surface area contributed by atoms with Gasteiger partial charge in [-0.25, -0.2) is 4.98 Å². The van der Waals surface area contributed by atoms with Crippen LogP contribution in [0.15, 0.2) is 17.6 Å². The zero-order chi connectivity index (χ0) is 15.1. The lowest BCUT2D eigenvalue weighted by molar-refractivity contribution is -0.910. The van der Waals surface area contributed by atoms with Crippen LogP contribution in [0.1, 0.15) is 17.3 Å². The maximum Gasteiger partial charge on any atom is 0.231 e. The standard InChI is InChI=1S/C15H17N3O3S/c1-18-5-3-9-7-10-12(21-8-20-10)13(19-2)11(9)14(18)17-15-16-4-6-22-15/h4,6-7,14H,3,5,8H2,1-2H3,(H,16,17)/p+1/t14-/m1/s1. The third kappa shape index (κ3) is 2.08. The predicted octanol–water partition coefficient (Wildman–Crippen LogP) is 1.06. The number of aromatic nitrogens is 1. The van der Waals surface area contributed by atoms with Crippen LogP contribution in [-0.2, 0) is 6.42 Å². The molecule has 2 aromatic rings. The molecular formula is C15H18N3O3S+. The summed E-state index contributed by atoms with van der Waals surface area (Å²) in [6.45, 7) is 1.29. The zero-order valence-electron chi connectivity index (χ0n) is 12.5. The molecule has 6 nitrogen and oxygen atoms in total. The van der Waals surface area contributed by atoms with Gasteiger partial charge in [-0.2, -0.15) is 0 Å². The minimum atomic E-state index is 0.0827. The Kier molecular flexibility index (Phi) is 3.31. The Hall–Kier alpha value is -1.99. The molecule has 7 heteroatoms. The van der Waals surface area contributed by atoms with E-state index in [0.29, 0.717) is 5.75 Å². The van der Waals surface area contributed by atoms with Crippen molar-refractivity contribution in [1.82, 2.24) is 4.98 Å². The molecule has 2 aliphatic rings. The summed E-state index contributed by atoms with van der Waals surface area (Å²) in [7, 11) is 3.86. The molecule has 0 aliphatic carbocycles. The quantitative estimate of drug-likeness (QED) is 0.886. The second kappa shape index (κ2) is 5.33. The van der Waals surface area contributed by atoms with Gasteiger partial charge in [0.25, 0.3) is 0 Å². The fourth-order valence-corrected chi connectivity index (χ4v) is 3.70. The number of rotatable bonds is 3. The van der Waals surface area contributed by atoms with Gasteiger partial charge < -0.3 is 24.4 Å². The Labute approximate surface area is 132 Å². The van der Waals surface area contributed by atoms with Crippen LogP contribution < -0.4 is 24.4 Å². The number of fused-ring (bicyclic) bond motifs is 2. The number of likely N-dealkylation sites (N-methyl/N-ethyl adjacent to an activating group) is 1. The molecule has 4 rings (SSSR count). The Bertz CT molecular complexity index is 690. The van der Waals surface area contributed by atoms with Gasteiger partial charge in [-0.15, -0.1) is 11.3 Å². The molecule has 0 radical (unpaired) electrons. The van der Waals surface area contributed by atoms with Crippen molar-refractivity contribution in [2.75, 3.05) is 32.8 Å². The summed E-state index contributed by atoms with van der Waals surface area (Å²) < 4.78 is 16.8. The average molecular weight is 320 g/mol. The van der Waals surface area contributed by atoms with E-state index >= 15 is 0 Å². The third-order valence-corrected chi connectivity index (χ3v) is 4.92. The molecule has 1 aromatic heterocycles. The van der Waals surface area contributed by atoms with Crippen LogP contribution in [0.25, 0.3) is 0 Å². The van der Waals surface area contributed by atoms with Crippen molar-refractivity contribution in [3.05, 3.63) is 28.8 Å². The van der Waals surface area contributed by atoms with Gasteiger partial charge in [-0.05, 0) is 11.6 Å². The van der Waals surface area contributed by atoms with Crippen molar-refractivity contribution in [3.63, 3.8) is 0 Å². The molecule has 0 spiro atoms. The van der Waals surface area contributed by atoms with E-state index in [1.165, 1.54) is 10.5 Å². The first-order chi connectivity index (χ1) is 10.8. The largest absolute Gasteiger partial charge is 0.492 e. The number of ether oxygens (including phenoxy) is 3. The summed E-state index contributed by atoms with van der Waals surface area (Å²) >= 11 is 1.60. The molecule has 3 heterocycles. The number of methoxy groups -OCH3 is 1. The first-order valence-corrected chi connectivity index (χ1v) is 8.13. The number of anilines is 1. The van der Waals surface area contributed by atoms with Crippen LogP contribution in [0.5, 0.6) is 17.2 Å².